The number of rotatable bonds is 2. The molecule has 4 heteroatoms. The summed E-state index contributed by atoms with van der Waals surface area (Å²) in [6.45, 7) is 3.87. The Morgan fingerprint density at radius 3 is 2.86 bits per heavy atom. The second kappa shape index (κ2) is 4.48. The van der Waals surface area contributed by atoms with Crippen molar-refractivity contribution >= 4 is 10.9 Å². The molecule has 1 radical (unpaired) electrons. The van der Waals surface area contributed by atoms with Gasteiger partial charge in [-0.05, 0) is 24.8 Å². The minimum absolute atomic E-state index is 0. The summed E-state index contributed by atoms with van der Waals surface area (Å²) < 4.78 is 14.4. The van der Waals surface area contributed by atoms with E-state index in [1.54, 1.807) is 12.3 Å². The molecule has 1 aromatic heterocycles. The Balaban J connectivity index is 0.000000980. The molecule has 0 aliphatic heterocycles. The van der Waals surface area contributed by atoms with Crippen molar-refractivity contribution < 1.29 is 26.0 Å². The molecule has 14 heavy (non-hydrogen) atoms. The van der Waals surface area contributed by atoms with E-state index in [9.17, 15) is 4.39 Å². The summed E-state index contributed by atoms with van der Waals surface area (Å²) in [6, 6.07) is 6.44. The Bertz CT molecular complexity index is 427. The summed E-state index contributed by atoms with van der Waals surface area (Å²) >= 11 is 0. The first-order valence-electron chi connectivity index (χ1n) is 4.00. The van der Waals surface area contributed by atoms with Gasteiger partial charge in [0.25, 0.3) is 0 Å². The first-order chi connectivity index (χ1) is 6.31. The zero-order valence-electron chi connectivity index (χ0n) is 7.37. The third kappa shape index (κ3) is 1.91. The molecule has 0 saturated heterocycles. The quantitative estimate of drug-likeness (QED) is 0.729. The molecule has 2 rings (SSSR count). The van der Waals surface area contributed by atoms with E-state index in [0.29, 0.717) is 6.61 Å². The van der Waals surface area contributed by atoms with Crippen molar-refractivity contribution in [1.29, 1.82) is 0 Å². The largest absolute Gasteiger partial charge is 0.446 e. The fourth-order valence-electron chi connectivity index (χ4n) is 1.29. The summed E-state index contributed by atoms with van der Waals surface area (Å²) in [5.41, 5.74) is 0.726. The van der Waals surface area contributed by atoms with Gasteiger partial charge in [0.1, 0.15) is 5.82 Å². The van der Waals surface area contributed by atoms with Gasteiger partial charge in [0, 0.05) is 34.4 Å². The molecule has 1 heterocycles. The summed E-state index contributed by atoms with van der Waals surface area (Å²) in [5.74, 6) is -0.264. The van der Waals surface area contributed by atoms with Crippen molar-refractivity contribution in [2.75, 3.05) is 6.61 Å². The van der Waals surface area contributed by atoms with Crippen LogP contribution in [-0.2, 0) is 16.8 Å². The molecule has 0 spiro atoms. The fourth-order valence-corrected chi connectivity index (χ4v) is 1.29. The Morgan fingerprint density at radius 2 is 2.14 bits per heavy atom. The standard InChI is InChI=1S/C10H9FNO.Co/c1-2-13-12-6-5-8-3-4-9(11)7-10(8)12;/h3-7H,1-2H2;/q-1;. The molecular formula is C10H9CoFNO-. The van der Waals surface area contributed by atoms with E-state index in [1.807, 2.05) is 6.07 Å². The van der Waals surface area contributed by atoms with Gasteiger partial charge in [-0.2, -0.15) is 4.73 Å². The van der Waals surface area contributed by atoms with Crippen LogP contribution in [0.5, 0.6) is 0 Å². The number of aromatic nitrogens is 1. The Kier molecular flexibility index (Phi) is 3.54. The first-order valence-corrected chi connectivity index (χ1v) is 4.00. The van der Waals surface area contributed by atoms with E-state index in [4.69, 9.17) is 4.84 Å². The molecular weight excluding hydrogens is 228 g/mol. The molecule has 0 fully saturated rings. The van der Waals surface area contributed by atoms with Crippen molar-refractivity contribution in [3.8, 4) is 0 Å². The SMILES string of the molecule is [CH2-]COn1ccc2ccc(F)cc21.[Co]. The van der Waals surface area contributed by atoms with Crippen LogP contribution in [0, 0.1) is 12.7 Å². The molecule has 77 valence electrons. The molecule has 1 aromatic carbocycles. The maximum absolute atomic E-state index is 12.8. The van der Waals surface area contributed by atoms with Crippen LogP contribution in [-0.4, -0.2) is 11.3 Å². The number of fused-ring (bicyclic) bond motifs is 1. The second-order valence-corrected chi connectivity index (χ2v) is 2.68. The van der Waals surface area contributed by atoms with E-state index in [-0.39, 0.29) is 22.6 Å². The van der Waals surface area contributed by atoms with E-state index < -0.39 is 0 Å². The van der Waals surface area contributed by atoms with Gasteiger partial charge in [-0.25, -0.2) is 4.39 Å². The smallest absolute Gasteiger partial charge is 0.125 e. The molecule has 2 nitrogen and oxygen atoms in total. The van der Waals surface area contributed by atoms with Gasteiger partial charge in [0.2, 0.25) is 0 Å². The molecule has 0 amide bonds. The molecule has 2 aromatic rings. The van der Waals surface area contributed by atoms with Crippen molar-refractivity contribution in [1.82, 2.24) is 4.73 Å². The van der Waals surface area contributed by atoms with Gasteiger partial charge in [0.05, 0.1) is 5.52 Å². The average Bonchev–Trinajstić information content (AvgIpc) is 2.49. The third-order valence-electron chi connectivity index (χ3n) is 1.85. The summed E-state index contributed by atoms with van der Waals surface area (Å²) in [6.07, 6.45) is 1.75. The van der Waals surface area contributed by atoms with Crippen LogP contribution in [0.4, 0.5) is 4.39 Å². The Labute approximate surface area is 91.8 Å². The number of nitrogens with zero attached hydrogens (tertiary/aromatic N) is 1. The number of hydrogen-bond acceptors (Lipinski definition) is 1. The minimum atomic E-state index is -0.264. The Morgan fingerprint density at radius 1 is 1.36 bits per heavy atom. The molecule has 0 aliphatic carbocycles. The molecule has 0 saturated carbocycles. The number of hydrogen-bond donors (Lipinski definition) is 0. The van der Waals surface area contributed by atoms with Crippen LogP contribution in [0.1, 0.15) is 0 Å². The van der Waals surface area contributed by atoms with Crippen molar-refractivity contribution in [3.05, 3.63) is 43.2 Å². The van der Waals surface area contributed by atoms with Gasteiger partial charge < -0.3 is 11.8 Å². The maximum atomic E-state index is 12.8. The van der Waals surface area contributed by atoms with E-state index in [0.717, 1.165) is 10.9 Å². The van der Waals surface area contributed by atoms with Crippen LogP contribution in [0.15, 0.2) is 30.5 Å². The second-order valence-electron chi connectivity index (χ2n) is 2.68. The zero-order chi connectivity index (χ0) is 9.26. The predicted molar refractivity (Wildman–Crippen MR) is 48.7 cm³/mol. The maximum Gasteiger partial charge on any atom is 0.125 e. The molecule has 0 N–H and O–H groups in total. The van der Waals surface area contributed by atoms with Crippen molar-refractivity contribution in [2.24, 2.45) is 0 Å². The van der Waals surface area contributed by atoms with E-state index in [1.165, 1.54) is 16.9 Å². The zero-order valence-corrected chi connectivity index (χ0v) is 8.41. The Hall–Kier alpha value is -1.00. The fraction of sp³-hybridized carbons (Fsp3) is 0.100. The van der Waals surface area contributed by atoms with Gasteiger partial charge in [-0.3, -0.25) is 0 Å². The van der Waals surface area contributed by atoms with Gasteiger partial charge >= 0.3 is 0 Å². The average molecular weight is 237 g/mol. The van der Waals surface area contributed by atoms with Crippen molar-refractivity contribution in [2.45, 2.75) is 0 Å². The van der Waals surface area contributed by atoms with E-state index >= 15 is 0 Å². The summed E-state index contributed by atoms with van der Waals surface area (Å²) in [4.78, 5) is 5.15. The predicted octanol–water partition coefficient (Wildman–Crippen LogP) is 2.04. The normalized spacial score (nSPS) is 9.86. The minimum Gasteiger partial charge on any atom is -0.446 e. The number of benzene rings is 1. The van der Waals surface area contributed by atoms with Gasteiger partial charge in [0.15, 0.2) is 0 Å². The van der Waals surface area contributed by atoms with Crippen LogP contribution >= 0.6 is 0 Å². The van der Waals surface area contributed by atoms with Crippen LogP contribution < -0.4 is 4.84 Å². The van der Waals surface area contributed by atoms with Crippen molar-refractivity contribution in [3.63, 3.8) is 0 Å². The summed E-state index contributed by atoms with van der Waals surface area (Å²) in [7, 11) is 0. The number of halogens is 1. The van der Waals surface area contributed by atoms with Crippen LogP contribution in [0.3, 0.4) is 0 Å². The monoisotopic (exact) mass is 237 g/mol. The third-order valence-corrected chi connectivity index (χ3v) is 1.85. The molecule has 0 aliphatic rings. The molecule has 0 unspecified atom stereocenters. The van der Waals surface area contributed by atoms with Crippen LogP contribution in [0.2, 0.25) is 0 Å². The first kappa shape index (κ1) is 11.1. The van der Waals surface area contributed by atoms with E-state index in [2.05, 4.69) is 6.92 Å². The summed E-state index contributed by atoms with van der Waals surface area (Å²) in [5, 5.41) is 0.954. The molecule has 0 atom stereocenters. The van der Waals surface area contributed by atoms with Gasteiger partial charge in [-0.1, -0.05) is 0 Å². The molecule has 0 bridgehead atoms. The van der Waals surface area contributed by atoms with Crippen LogP contribution in [0.25, 0.3) is 10.9 Å². The van der Waals surface area contributed by atoms with Gasteiger partial charge in [-0.15, -0.1) is 0 Å². The topological polar surface area (TPSA) is 14.2 Å².